The topological polar surface area (TPSA) is 117 Å². The fraction of sp³-hybridized carbons (Fsp3) is 0.455. The first-order chi connectivity index (χ1) is 15.9. The molecule has 178 valence electrons. The van der Waals surface area contributed by atoms with E-state index >= 15 is 0 Å². The zero-order chi connectivity index (χ0) is 23.4. The van der Waals surface area contributed by atoms with Gasteiger partial charge in [-0.25, -0.2) is 18.1 Å². The minimum atomic E-state index is -3.87. The van der Waals surface area contributed by atoms with Crippen LogP contribution in [0.3, 0.4) is 0 Å². The number of sulfonamides is 1. The summed E-state index contributed by atoms with van der Waals surface area (Å²) in [7, 11) is -2.20. The predicted octanol–water partition coefficient (Wildman–Crippen LogP) is 0.122. The van der Waals surface area contributed by atoms with Crippen molar-refractivity contribution in [1.82, 2.24) is 19.2 Å². The molecule has 0 radical (unpaired) electrons. The van der Waals surface area contributed by atoms with E-state index in [1.165, 1.54) is 17.1 Å². The van der Waals surface area contributed by atoms with Crippen LogP contribution in [0.2, 0.25) is 0 Å². The fourth-order valence-corrected chi connectivity index (χ4v) is 5.23. The largest absolute Gasteiger partial charge is 0.394 e. The molecule has 33 heavy (non-hydrogen) atoms. The van der Waals surface area contributed by atoms with Crippen molar-refractivity contribution in [3.05, 3.63) is 55.0 Å². The Bertz CT molecular complexity index is 1080. The molecule has 1 saturated heterocycles. The monoisotopic (exact) mass is 475 g/mol. The van der Waals surface area contributed by atoms with Crippen LogP contribution in [0.4, 0.5) is 5.69 Å². The summed E-state index contributed by atoms with van der Waals surface area (Å²) in [5.41, 5.74) is 1.15. The van der Waals surface area contributed by atoms with Crippen LogP contribution in [0.1, 0.15) is 6.42 Å². The van der Waals surface area contributed by atoms with Crippen molar-refractivity contribution in [3.63, 3.8) is 0 Å². The molecule has 3 atom stereocenters. The first-order valence-electron chi connectivity index (χ1n) is 10.9. The van der Waals surface area contributed by atoms with Gasteiger partial charge in [-0.15, -0.1) is 0 Å². The summed E-state index contributed by atoms with van der Waals surface area (Å²) < 4.78 is 35.0. The lowest BCUT2D eigenvalue weighted by Crippen LogP contribution is -2.51. The number of hydrogen-bond donors (Lipinski definition) is 2. The molecule has 1 aromatic carbocycles. The van der Waals surface area contributed by atoms with E-state index in [2.05, 4.69) is 26.7 Å². The smallest absolute Gasteiger partial charge is 0.260 e. The first kappa shape index (κ1) is 23.4. The van der Waals surface area contributed by atoms with Crippen LogP contribution in [0.15, 0.2) is 60.0 Å². The molecular weight excluding hydrogens is 446 g/mol. The average Bonchev–Trinajstić information content (AvgIpc) is 3.28. The molecular formula is C22H29N5O5S. The van der Waals surface area contributed by atoms with Crippen molar-refractivity contribution >= 4 is 21.6 Å². The van der Waals surface area contributed by atoms with E-state index in [1.54, 1.807) is 19.2 Å². The SMILES string of the molecule is Cn1cnc(S(=O)(=O)N[C@H]2C=C[C@@H](CC(=O)N3CCN(c4ccccc4)CC3)O[C@H]2CO)c1. The molecule has 2 aliphatic rings. The van der Waals surface area contributed by atoms with Crippen molar-refractivity contribution in [2.24, 2.45) is 7.05 Å². The van der Waals surface area contributed by atoms with Crippen LogP contribution in [-0.4, -0.2) is 84.9 Å². The van der Waals surface area contributed by atoms with Gasteiger partial charge in [-0.3, -0.25) is 4.79 Å². The maximum Gasteiger partial charge on any atom is 0.260 e. The molecule has 1 aromatic heterocycles. The second kappa shape index (κ2) is 10.0. The van der Waals surface area contributed by atoms with Gasteiger partial charge < -0.3 is 24.2 Å². The lowest BCUT2D eigenvalue weighted by atomic mass is 10.1. The number of rotatable bonds is 7. The van der Waals surface area contributed by atoms with E-state index in [0.717, 1.165) is 18.8 Å². The van der Waals surface area contributed by atoms with E-state index in [9.17, 15) is 18.3 Å². The number of ether oxygens (including phenoxy) is 1. The van der Waals surface area contributed by atoms with Crippen molar-refractivity contribution in [2.75, 3.05) is 37.7 Å². The highest BCUT2D eigenvalue weighted by molar-refractivity contribution is 7.89. The molecule has 2 N–H and O–H groups in total. The number of amides is 1. The van der Waals surface area contributed by atoms with E-state index in [0.29, 0.717) is 13.1 Å². The highest BCUT2D eigenvalue weighted by Gasteiger charge is 2.33. The molecule has 11 heteroatoms. The van der Waals surface area contributed by atoms with Gasteiger partial charge >= 0.3 is 0 Å². The number of aliphatic hydroxyl groups excluding tert-OH is 1. The van der Waals surface area contributed by atoms with Gasteiger partial charge in [0.05, 0.1) is 31.5 Å². The van der Waals surface area contributed by atoms with Crippen LogP contribution in [-0.2, 0) is 26.6 Å². The molecule has 3 heterocycles. The third-order valence-electron chi connectivity index (χ3n) is 5.84. The Labute approximate surface area is 193 Å². The molecule has 0 bridgehead atoms. The van der Waals surface area contributed by atoms with Crippen LogP contribution >= 0.6 is 0 Å². The Morgan fingerprint density at radius 3 is 2.55 bits per heavy atom. The number of benzene rings is 1. The normalized spacial score (nSPS) is 23.6. The molecule has 1 fully saturated rings. The third kappa shape index (κ3) is 5.61. The highest BCUT2D eigenvalue weighted by Crippen LogP contribution is 2.20. The van der Waals surface area contributed by atoms with E-state index in [1.807, 2.05) is 23.1 Å². The van der Waals surface area contributed by atoms with Gasteiger partial charge in [-0.1, -0.05) is 30.4 Å². The van der Waals surface area contributed by atoms with Gasteiger partial charge in [0.1, 0.15) is 6.10 Å². The molecule has 0 spiro atoms. The minimum Gasteiger partial charge on any atom is -0.394 e. The number of piperazine rings is 1. The second-order valence-electron chi connectivity index (χ2n) is 8.21. The quantitative estimate of drug-likeness (QED) is 0.547. The molecule has 0 saturated carbocycles. The Kier molecular flexibility index (Phi) is 7.13. The summed E-state index contributed by atoms with van der Waals surface area (Å²) in [4.78, 5) is 20.7. The first-order valence-corrected chi connectivity index (χ1v) is 12.4. The summed E-state index contributed by atoms with van der Waals surface area (Å²) in [6.07, 6.45) is 4.90. The highest BCUT2D eigenvalue weighted by atomic mass is 32.2. The second-order valence-corrected chi connectivity index (χ2v) is 9.87. The number of aryl methyl sites for hydroxylation is 1. The lowest BCUT2D eigenvalue weighted by molar-refractivity contribution is -0.135. The Hall–Kier alpha value is -2.73. The van der Waals surface area contributed by atoms with Gasteiger partial charge in [0.25, 0.3) is 10.0 Å². The zero-order valence-corrected chi connectivity index (χ0v) is 19.3. The number of aliphatic hydroxyl groups is 1. The van der Waals surface area contributed by atoms with Gasteiger partial charge in [-0.2, -0.15) is 0 Å². The Morgan fingerprint density at radius 1 is 1.18 bits per heavy atom. The van der Waals surface area contributed by atoms with Crippen molar-refractivity contribution in [1.29, 1.82) is 0 Å². The van der Waals surface area contributed by atoms with E-state index in [-0.39, 0.29) is 24.0 Å². The summed E-state index contributed by atoms with van der Waals surface area (Å²) >= 11 is 0. The van der Waals surface area contributed by atoms with Gasteiger partial charge in [-0.05, 0) is 12.1 Å². The van der Waals surface area contributed by atoms with E-state index in [4.69, 9.17) is 4.74 Å². The number of hydrogen-bond acceptors (Lipinski definition) is 7. The van der Waals surface area contributed by atoms with Crippen molar-refractivity contribution in [2.45, 2.75) is 29.7 Å². The van der Waals surface area contributed by atoms with Crippen molar-refractivity contribution in [3.8, 4) is 0 Å². The lowest BCUT2D eigenvalue weighted by Gasteiger charge is -2.37. The summed E-state index contributed by atoms with van der Waals surface area (Å²) in [6.45, 7) is 2.38. The number of carbonyl (C=O) groups excluding carboxylic acids is 1. The number of imidazole rings is 1. The summed E-state index contributed by atoms with van der Waals surface area (Å²) in [6, 6.07) is 9.34. The minimum absolute atomic E-state index is 0.0263. The van der Waals surface area contributed by atoms with Crippen LogP contribution in [0.25, 0.3) is 0 Å². The number of nitrogens with zero attached hydrogens (tertiary/aromatic N) is 4. The molecule has 0 aliphatic carbocycles. The number of para-hydroxylation sites is 1. The third-order valence-corrected chi connectivity index (χ3v) is 7.18. The Balaban J connectivity index is 1.32. The number of anilines is 1. The maximum absolute atomic E-state index is 12.8. The predicted molar refractivity (Wildman–Crippen MR) is 122 cm³/mol. The van der Waals surface area contributed by atoms with Crippen molar-refractivity contribution < 1.29 is 23.1 Å². The Morgan fingerprint density at radius 2 is 1.91 bits per heavy atom. The average molecular weight is 476 g/mol. The molecule has 2 aromatic rings. The number of carbonyl (C=O) groups is 1. The summed E-state index contributed by atoms with van der Waals surface area (Å²) in [5.74, 6) is -0.0263. The standard InChI is InChI=1S/C22H29N5O5S/c1-25-14-21(23-16-25)33(30,31)24-19-8-7-18(32-20(19)15-28)13-22(29)27-11-9-26(10-12-27)17-5-3-2-4-6-17/h2-8,14,16,18-20,24,28H,9-13,15H2,1H3/t18-,19-,20-/m0/s1. The molecule has 10 nitrogen and oxygen atoms in total. The van der Waals surface area contributed by atoms with Crippen LogP contribution < -0.4 is 9.62 Å². The molecule has 1 amide bonds. The fourth-order valence-electron chi connectivity index (χ4n) is 4.03. The zero-order valence-electron chi connectivity index (χ0n) is 18.4. The number of nitrogens with one attached hydrogen (secondary N) is 1. The van der Waals surface area contributed by atoms with E-state index < -0.39 is 28.3 Å². The van der Waals surface area contributed by atoms with Crippen LogP contribution in [0.5, 0.6) is 0 Å². The van der Waals surface area contributed by atoms with Gasteiger partial charge in [0.2, 0.25) is 5.91 Å². The van der Waals surface area contributed by atoms with Gasteiger partial charge in [0.15, 0.2) is 5.03 Å². The van der Waals surface area contributed by atoms with Gasteiger partial charge in [0, 0.05) is 45.1 Å². The number of aromatic nitrogens is 2. The maximum atomic E-state index is 12.8. The summed E-state index contributed by atoms with van der Waals surface area (Å²) in [5, 5.41) is 9.65. The molecule has 0 unspecified atom stereocenters. The molecule has 4 rings (SSSR count). The van der Waals surface area contributed by atoms with Crippen LogP contribution in [0, 0.1) is 0 Å². The molecule has 2 aliphatic heterocycles.